The Kier molecular flexibility index (Phi) is 6.34. The van der Waals surface area contributed by atoms with E-state index in [0.29, 0.717) is 23.7 Å². The van der Waals surface area contributed by atoms with E-state index in [-0.39, 0.29) is 48.3 Å². The number of carbonyl (C=O) groups excluding carboxylic acids is 4. The number of hydrogen-bond acceptors (Lipinski definition) is 6. The van der Waals surface area contributed by atoms with Crippen LogP contribution in [0.2, 0.25) is 0 Å². The average molecular weight is 599 g/mol. The number of imide groups is 1. The number of nitrogens with zero attached hydrogens (tertiary/aromatic N) is 2. The predicted molar refractivity (Wildman–Crippen MR) is 166 cm³/mol. The van der Waals surface area contributed by atoms with Crippen LogP contribution in [0.15, 0.2) is 97.1 Å². The summed E-state index contributed by atoms with van der Waals surface area (Å²) in [7, 11) is 0. The first-order valence-electron chi connectivity index (χ1n) is 15.4. The molecule has 2 heterocycles. The lowest BCUT2D eigenvalue weighted by Gasteiger charge is -2.45. The van der Waals surface area contributed by atoms with E-state index >= 15 is 0 Å². The molecule has 2 aliphatic heterocycles. The molecule has 4 aromatic carbocycles. The van der Waals surface area contributed by atoms with Gasteiger partial charge < -0.3 is 14.4 Å². The number of amides is 3. The van der Waals surface area contributed by atoms with Gasteiger partial charge in [0.1, 0.15) is 11.5 Å². The molecule has 5 aliphatic rings. The molecule has 3 atom stereocenters. The molecular formula is C37H30N2O6. The lowest BCUT2D eigenvalue weighted by molar-refractivity contribution is -0.139. The van der Waals surface area contributed by atoms with Crippen molar-refractivity contribution < 1.29 is 28.7 Å². The number of hydrogen-bond donors (Lipinski definition) is 0. The summed E-state index contributed by atoms with van der Waals surface area (Å²) in [4.78, 5) is 57.3. The Balaban J connectivity index is 1.05. The van der Waals surface area contributed by atoms with Crippen molar-refractivity contribution in [2.24, 2.45) is 17.8 Å². The molecule has 8 heteroatoms. The van der Waals surface area contributed by atoms with Crippen molar-refractivity contribution in [1.82, 2.24) is 0 Å². The van der Waals surface area contributed by atoms with E-state index in [9.17, 15) is 19.2 Å². The van der Waals surface area contributed by atoms with Gasteiger partial charge in [-0.2, -0.15) is 0 Å². The maximum absolute atomic E-state index is 14.1. The molecule has 0 aromatic heterocycles. The Hall–Kier alpha value is -5.24. The first-order valence-corrected chi connectivity index (χ1v) is 15.4. The third-order valence-corrected chi connectivity index (χ3v) is 9.66. The molecular weight excluding hydrogens is 568 g/mol. The molecule has 0 N–H and O–H groups in total. The van der Waals surface area contributed by atoms with Crippen molar-refractivity contribution in [3.63, 3.8) is 0 Å². The minimum Gasteiger partial charge on any atom is -0.492 e. The fourth-order valence-electron chi connectivity index (χ4n) is 7.87. The highest BCUT2D eigenvalue weighted by Crippen LogP contribution is 2.61. The monoisotopic (exact) mass is 598 g/mol. The first-order chi connectivity index (χ1) is 22.0. The van der Waals surface area contributed by atoms with Gasteiger partial charge in [-0.15, -0.1) is 0 Å². The van der Waals surface area contributed by atoms with Gasteiger partial charge >= 0.3 is 5.97 Å². The van der Waals surface area contributed by atoms with Gasteiger partial charge in [0.2, 0.25) is 17.7 Å². The van der Waals surface area contributed by atoms with Gasteiger partial charge in [0.05, 0.1) is 35.7 Å². The number of para-hydroxylation sites is 2. The normalized spacial score (nSPS) is 24.4. The standard InChI is InChI=1S/C37H30N2O6/c1-2-44-29-17-8-7-16-28(29)38-20-21(18-30(38)40)37(43)45-23-11-9-10-22(19-23)39-35(41)33-31-24-12-3-4-13-25(24)32(34(33)36(39)42)27-15-6-5-14-26(27)31/h3-17,19,21,31-34H,2,18,20H2,1H3/t21-,31?,32?,33-,34-/m1/s1. The molecule has 0 unspecified atom stereocenters. The SMILES string of the molecule is CCOc1ccccc1N1C[C@H](C(=O)Oc2cccc(N3C(=O)[C@@H]4C5c6ccccc6C(c6ccccc65)[C@H]4C3=O)c2)CC1=O. The lowest BCUT2D eigenvalue weighted by atomic mass is 9.55. The quantitative estimate of drug-likeness (QED) is 0.167. The van der Waals surface area contributed by atoms with E-state index in [0.717, 1.165) is 22.3 Å². The van der Waals surface area contributed by atoms with Crippen molar-refractivity contribution in [2.75, 3.05) is 23.0 Å². The average Bonchev–Trinajstić information content (AvgIpc) is 3.58. The van der Waals surface area contributed by atoms with Crippen LogP contribution in [0, 0.1) is 17.8 Å². The highest BCUT2D eigenvalue weighted by Gasteiger charge is 2.61. The van der Waals surface area contributed by atoms with E-state index in [1.165, 1.54) is 4.90 Å². The predicted octanol–water partition coefficient (Wildman–Crippen LogP) is 5.44. The minimum absolute atomic E-state index is 0.00926. The molecule has 224 valence electrons. The van der Waals surface area contributed by atoms with Crippen LogP contribution in [0.5, 0.6) is 11.5 Å². The Bertz CT molecular complexity index is 1790. The summed E-state index contributed by atoms with van der Waals surface area (Å²) in [6, 6.07) is 30.0. The Morgan fingerprint density at radius 2 is 1.33 bits per heavy atom. The van der Waals surface area contributed by atoms with Crippen LogP contribution in [0.25, 0.3) is 0 Å². The van der Waals surface area contributed by atoms with E-state index in [1.54, 1.807) is 41.3 Å². The first kappa shape index (κ1) is 27.3. The van der Waals surface area contributed by atoms with Gasteiger partial charge in [-0.25, -0.2) is 4.90 Å². The number of esters is 1. The fourth-order valence-corrected chi connectivity index (χ4v) is 7.87. The number of ether oxygens (including phenoxy) is 2. The zero-order chi connectivity index (χ0) is 30.8. The van der Waals surface area contributed by atoms with Gasteiger partial charge in [-0.1, -0.05) is 66.7 Å². The Labute approximate surface area is 260 Å². The van der Waals surface area contributed by atoms with Gasteiger partial charge in [0.15, 0.2) is 0 Å². The second-order valence-electron chi connectivity index (χ2n) is 12.0. The summed E-state index contributed by atoms with van der Waals surface area (Å²) < 4.78 is 11.4. The van der Waals surface area contributed by atoms with Crippen LogP contribution in [0.3, 0.4) is 0 Å². The molecule has 4 aromatic rings. The summed E-state index contributed by atoms with van der Waals surface area (Å²) >= 11 is 0. The number of benzene rings is 4. The van der Waals surface area contributed by atoms with Crippen molar-refractivity contribution in [3.8, 4) is 11.5 Å². The lowest BCUT2D eigenvalue weighted by Crippen LogP contribution is -2.41. The van der Waals surface area contributed by atoms with Crippen molar-refractivity contribution in [3.05, 3.63) is 119 Å². The largest absolute Gasteiger partial charge is 0.492 e. The third kappa shape index (κ3) is 4.12. The van der Waals surface area contributed by atoms with Gasteiger partial charge in [-0.05, 0) is 53.4 Å². The Morgan fingerprint density at radius 3 is 1.93 bits per heavy atom. The second kappa shape index (κ2) is 10.4. The molecule has 2 saturated heterocycles. The van der Waals surface area contributed by atoms with Gasteiger partial charge in [0.25, 0.3) is 0 Å². The molecule has 8 nitrogen and oxygen atoms in total. The molecule has 0 spiro atoms. The molecule has 3 amide bonds. The topological polar surface area (TPSA) is 93.2 Å². The van der Waals surface area contributed by atoms with Crippen LogP contribution < -0.4 is 19.3 Å². The summed E-state index contributed by atoms with van der Waals surface area (Å²) in [6.07, 6.45) is 0.00926. The van der Waals surface area contributed by atoms with E-state index in [2.05, 4.69) is 24.3 Å². The molecule has 45 heavy (non-hydrogen) atoms. The third-order valence-electron chi connectivity index (χ3n) is 9.66. The van der Waals surface area contributed by atoms with Crippen molar-refractivity contribution >= 4 is 35.1 Å². The van der Waals surface area contributed by atoms with E-state index in [4.69, 9.17) is 9.47 Å². The highest BCUT2D eigenvalue weighted by atomic mass is 16.5. The molecule has 2 fully saturated rings. The van der Waals surface area contributed by atoms with Crippen LogP contribution in [0.1, 0.15) is 47.4 Å². The maximum atomic E-state index is 14.1. The number of carbonyl (C=O) groups is 4. The Morgan fingerprint density at radius 1 is 0.756 bits per heavy atom. The second-order valence-corrected chi connectivity index (χ2v) is 12.0. The summed E-state index contributed by atoms with van der Waals surface area (Å²) in [5, 5.41) is 0. The number of anilines is 2. The zero-order valence-electron chi connectivity index (χ0n) is 24.6. The molecule has 0 saturated carbocycles. The highest BCUT2D eigenvalue weighted by molar-refractivity contribution is 6.23. The van der Waals surface area contributed by atoms with E-state index < -0.39 is 23.7 Å². The van der Waals surface area contributed by atoms with Crippen LogP contribution in [0.4, 0.5) is 11.4 Å². The summed E-state index contributed by atoms with van der Waals surface area (Å²) in [6.45, 7) is 2.49. The summed E-state index contributed by atoms with van der Waals surface area (Å²) in [5.74, 6) is -2.52. The van der Waals surface area contributed by atoms with Crippen molar-refractivity contribution in [2.45, 2.75) is 25.2 Å². The molecule has 3 aliphatic carbocycles. The van der Waals surface area contributed by atoms with Crippen LogP contribution in [-0.2, 0) is 19.2 Å². The van der Waals surface area contributed by atoms with Gasteiger partial charge in [0, 0.05) is 30.9 Å². The fraction of sp³-hybridized carbons (Fsp3) is 0.243. The molecule has 0 radical (unpaired) electrons. The minimum atomic E-state index is -0.679. The van der Waals surface area contributed by atoms with Crippen LogP contribution in [-0.4, -0.2) is 36.8 Å². The molecule has 2 bridgehead atoms. The van der Waals surface area contributed by atoms with Crippen molar-refractivity contribution in [1.29, 1.82) is 0 Å². The zero-order valence-corrected chi connectivity index (χ0v) is 24.6. The smallest absolute Gasteiger partial charge is 0.316 e. The summed E-state index contributed by atoms with van der Waals surface area (Å²) in [5.41, 5.74) is 5.42. The van der Waals surface area contributed by atoms with Gasteiger partial charge in [-0.3, -0.25) is 19.2 Å². The van der Waals surface area contributed by atoms with E-state index in [1.807, 2.05) is 43.3 Å². The van der Waals surface area contributed by atoms with Crippen LogP contribution >= 0.6 is 0 Å². The molecule has 9 rings (SSSR count). The number of rotatable bonds is 6. The maximum Gasteiger partial charge on any atom is 0.316 e.